The van der Waals surface area contributed by atoms with Gasteiger partial charge < -0.3 is 14.8 Å². The van der Waals surface area contributed by atoms with E-state index < -0.39 is 0 Å². The molecule has 3 aliphatic carbocycles. The Hall–Kier alpha value is -1.39. The number of fused-ring (bicyclic) bond motifs is 3. The van der Waals surface area contributed by atoms with Crippen LogP contribution in [-0.2, 0) is 0 Å². The highest BCUT2D eigenvalue weighted by atomic mass is 15.2. The summed E-state index contributed by atoms with van der Waals surface area (Å²) in [5.74, 6) is 4.85. The molecule has 4 atom stereocenters. The normalized spacial score (nSPS) is 34.3. The molecule has 4 heteroatoms. The van der Waals surface area contributed by atoms with Crippen molar-refractivity contribution in [2.45, 2.75) is 64.3 Å². The maximum absolute atomic E-state index is 5.12. The molecule has 2 bridgehead atoms. The number of imidazole rings is 1. The lowest BCUT2D eigenvalue weighted by Gasteiger charge is -2.61. The average molecular weight is 407 g/mol. The largest absolute Gasteiger partial charge is 0.324 e. The van der Waals surface area contributed by atoms with Crippen molar-refractivity contribution in [3.8, 4) is 0 Å². The van der Waals surface area contributed by atoms with Crippen LogP contribution in [0.4, 0.5) is 0 Å². The lowest BCUT2D eigenvalue weighted by Crippen LogP contribution is -2.55. The van der Waals surface area contributed by atoms with Crippen LogP contribution < -0.4 is 5.32 Å². The van der Waals surface area contributed by atoms with Crippen LogP contribution in [0.5, 0.6) is 0 Å². The second-order valence-corrected chi connectivity index (χ2v) is 11.2. The Morgan fingerprint density at radius 3 is 2.63 bits per heavy atom. The van der Waals surface area contributed by atoms with Gasteiger partial charge in [0.05, 0.1) is 11.0 Å². The zero-order valence-corrected chi connectivity index (χ0v) is 18.8. The average Bonchev–Trinajstić information content (AvgIpc) is 3.42. The number of nitrogens with one attached hydrogen (secondary N) is 1. The van der Waals surface area contributed by atoms with Crippen molar-refractivity contribution >= 4 is 11.0 Å². The number of hydrogen-bond acceptors (Lipinski definition) is 3. The topological polar surface area (TPSA) is 33.1 Å². The number of likely N-dealkylation sites (tertiary alicyclic amines) is 1. The molecule has 7 rings (SSSR count). The van der Waals surface area contributed by atoms with E-state index in [0.29, 0.717) is 17.4 Å². The zero-order chi connectivity index (χ0) is 20.3. The number of benzene rings is 1. The van der Waals surface area contributed by atoms with E-state index in [4.69, 9.17) is 4.98 Å². The van der Waals surface area contributed by atoms with Crippen LogP contribution in [0.3, 0.4) is 0 Å². The predicted octanol–water partition coefficient (Wildman–Crippen LogP) is 4.82. The van der Waals surface area contributed by atoms with Gasteiger partial charge in [0.1, 0.15) is 5.82 Å². The molecule has 2 aliphatic heterocycles. The van der Waals surface area contributed by atoms with E-state index in [0.717, 1.165) is 30.8 Å². The molecule has 162 valence electrons. The van der Waals surface area contributed by atoms with Gasteiger partial charge in [0.15, 0.2) is 0 Å². The second kappa shape index (κ2) is 7.34. The van der Waals surface area contributed by atoms with Gasteiger partial charge in [0.2, 0.25) is 0 Å². The summed E-state index contributed by atoms with van der Waals surface area (Å²) in [5.41, 5.74) is 3.15. The molecule has 1 aromatic carbocycles. The van der Waals surface area contributed by atoms with Crippen LogP contribution in [0, 0.1) is 23.2 Å². The minimum atomic E-state index is 0.575. The van der Waals surface area contributed by atoms with Gasteiger partial charge in [0, 0.05) is 38.1 Å². The summed E-state index contributed by atoms with van der Waals surface area (Å²) < 4.78 is 2.64. The number of nitrogens with zero attached hydrogens (tertiary/aromatic N) is 3. The van der Waals surface area contributed by atoms with Crippen LogP contribution >= 0.6 is 0 Å². The van der Waals surface area contributed by atoms with Gasteiger partial charge in [-0.3, -0.25) is 0 Å². The first-order valence-electron chi connectivity index (χ1n) is 12.5. The summed E-state index contributed by atoms with van der Waals surface area (Å²) in [7, 11) is 0. The van der Waals surface area contributed by atoms with E-state index >= 15 is 0 Å². The van der Waals surface area contributed by atoms with Gasteiger partial charge >= 0.3 is 0 Å². The molecule has 3 heterocycles. The Kier molecular flexibility index (Phi) is 4.72. The first kappa shape index (κ1) is 19.3. The van der Waals surface area contributed by atoms with Crippen molar-refractivity contribution in [3.05, 3.63) is 30.1 Å². The van der Waals surface area contributed by atoms with Gasteiger partial charge in [-0.2, -0.15) is 0 Å². The number of rotatable bonds is 4. The Morgan fingerprint density at radius 1 is 1.07 bits per heavy atom. The van der Waals surface area contributed by atoms with Crippen LogP contribution in [0.2, 0.25) is 0 Å². The summed E-state index contributed by atoms with van der Waals surface area (Å²) in [6.45, 7) is 11.1. The van der Waals surface area contributed by atoms with Crippen molar-refractivity contribution in [1.82, 2.24) is 19.8 Å². The number of hydrogen-bond donors (Lipinski definition) is 1. The van der Waals surface area contributed by atoms with Gasteiger partial charge in [0.25, 0.3) is 0 Å². The molecule has 0 radical (unpaired) electrons. The minimum Gasteiger partial charge on any atom is -0.324 e. The maximum Gasteiger partial charge on any atom is 0.114 e. The van der Waals surface area contributed by atoms with Gasteiger partial charge in [-0.15, -0.1) is 0 Å². The fourth-order valence-corrected chi connectivity index (χ4v) is 7.48. The molecule has 1 N–H and O–H groups in total. The summed E-state index contributed by atoms with van der Waals surface area (Å²) in [5, 5.41) is 3.55. The predicted molar refractivity (Wildman–Crippen MR) is 123 cm³/mol. The third-order valence-electron chi connectivity index (χ3n) is 9.46. The van der Waals surface area contributed by atoms with Crippen molar-refractivity contribution in [3.63, 3.8) is 0 Å². The zero-order valence-electron chi connectivity index (χ0n) is 18.8. The lowest BCUT2D eigenvalue weighted by atomic mass is 9.45. The monoisotopic (exact) mass is 406 g/mol. The van der Waals surface area contributed by atoms with E-state index in [1.807, 2.05) is 0 Å². The van der Waals surface area contributed by atoms with Crippen LogP contribution in [0.1, 0.15) is 70.2 Å². The van der Waals surface area contributed by atoms with Crippen LogP contribution in [-0.4, -0.2) is 47.2 Å². The van der Waals surface area contributed by atoms with Gasteiger partial charge in [-0.05, 0) is 80.4 Å². The fourth-order valence-electron chi connectivity index (χ4n) is 7.48. The molecular formula is C26H38N4. The fraction of sp³-hybridized carbons (Fsp3) is 0.731. The molecule has 0 amide bonds. The van der Waals surface area contributed by atoms with Crippen molar-refractivity contribution in [2.75, 3.05) is 32.7 Å². The van der Waals surface area contributed by atoms with E-state index in [9.17, 15) is 0 Å². The van der Waals surface area contributed by atoms with E-state index in [2.05, 4.69) is 52.9 Å². The van der Waals surface area contributed by atoms with Crippen molar-refractivity contribution in [2.24, 2.45) is 23.2 Å². The maximum atomic E-state index is 5.12. The Bertz CT molecular complexity index is 899. The molecule has 3 saturated carbocycles. The standard InChI is InChI=1S/C26H38N4/c1-26(2)20-8-7-19(22(26)15-20)17-29-13-10-21(11-14-29)30-24-6-4-3-5-23(24)28-25(30)18-9-12-27-16-18/h3-6,18-22,27H,7-17H2,1-2H3/t18-,19-,20-,22-/m0/s1. The van der Waals surface area contributed by atoms with Gasteiger partial charge in [-0.25, -0.2) is 4.98 Å². The quantitative estimate of drug-likeness (QED) is 0.790. The van der Waals surface area contributed by atoms with Crippen molar-refractivity contribution in [1.29, 1.82) is 0 Å². The molecule has 2 saturated heterocycles. The van der Waals surface area contributed by atoms with E-state index in [1.165, 1.54) is 75.0 Å². The molecule has 30 heavy (non-hydrogen) atoms. The highest BCUT2D eigenvalue weighted by Gasteiger charge is 2.54. The van der Waals surface area contributed by atoms with E-state index in [1.54, 1.807) is 0 Å². The highest BCUT2D eigenvalue weighted by molar-refractivity contribution is 5.76. The molecule has 0 unspecified atom stereocenters. The van der Waals surface area contributed by atoms with Gasteiger partial charge in [-0.1, -0.05) is 26.0 Å². The molecule has 4 nitrogen and oxygen atoms in total. The lowest BCUT2D eigenvalue weighted by molar-refractivity contribution is -0.112. The van der Waals surface area contributed by atoms with Crippen molar-refractivity contribution < 1.29 is 0 Å². The van der Waals surface area contributed by atoms with E-state index in [-0.39, 0.29) is 0 Å². The Balaban J connectivity index is 1.17. The molecular weight excluding hydrogens is 368 g/mol. The summed E-state index contributed by atoms with van der Waals surface area (Å²) in [6, 6.07) is 9.42. The number of aromatic nitrogens is 2. The Morgan fingerprint density at radius 2 is 1.90 bits per heavy atom. The smallest absolute Gasteiger partial charge is 0.114 e. The summed E-state index contributed by atoms with van der Waals surface area (Å²) >= 11 is 0. The molecule has 5 fully saturated rings. The first-order chi connectivity index (χ1) is 14.6. The molecule has 0 spiro atoms. The third kappa shape index (κ3) is 3.05. The first-order valence-corrected chi connectivity index (χ1v) is 12.5. The Labute approximate surface area is 181 Å². The molecule has 1 aromatic heterocycles. The summed E-state index contributed by atoms with van der Waals surface area (Å²) in [4.78, 5) is 7.92. The highest BCUT2D eigenvalue weighted by Crippen LogP contribution is 2.61. The minimum absolute atomic E-state index is 0.575. The second-order valence-electron chi connectivity index (χ2n) is 11.2. The third-order valence-corrected chi connectivity index (χ3v) is 9.46. The summed E-state index contributed by atoms with van der Waals surface area (Å²) in [6.07, 6.45) is 8.23. The van der Waals surface area contributed by atoms with Crippen LogP contribution in [0.15, 0.2) is 24.3 Å². The molecule has 5 aliphatic rings. The molecule has 2 aromatic rings. The van der Waals surface area contributed by atoms with Crippen LogP contribution in [0.25, 0.3) is 11.0 Å². The number of piperidine rings is 1. The number of para-hydroxylation sites is 2. The SMILES string of the molecule is CC1(C)[C@H]2CC[C@@H](CN3CCC(n4c([C@H]5CCNC5)nc5ccccc54)CC3)[C@@H]1C2.